The average Bonchev–Trinajstić information content (AvgIpc) is 2.86. The highest BCUT2D eigenvalue weighted by atomic mass is 16.2. The molecule has 0 aliphatic rings. The molecule has 0 aliphatic carbocycles. The maximum atomic E-state index is 12.8. The molecule has 1 amide bonds. The second kappa shape index (κ2) is 7.68. The van der Waals surface area contributed by atoms with Gasteiger partial charge in [-0.15, -0.1) is 0 Å². The standard InChI is InChI=1S/C19H28N4O2/c1-7-23-13(3)11-12(2)17(19(23)25)18(24)22(6)10-8-9-16-14(4)20-21-15(16)5/h11H,7-10H2,1-6H3,(H,20,21). The number of rotatable bonds is 6. The molecular formula is C19H28N4O2. The molecule has 0 aromatic carbocycles. The lowest BCUT2D eigenvalue weighted by Gasteiger charge is -2.19. The van der Waals surface area contributed by atoms with Gasteiger partial charge >= 0.3 is 0 Å². The highest BCUT2D eigenvalue weighted by Crippen LogP contribution is 2.13. The smallest absolute Gasteiger partial charge is 0.263 e. The number of carbonyl (C=O) groups is 1. The number of amides is 1. The molecule has 136 valence electrons. The number of nitrogens with zero attached hydrogens (tertiary/aromatic N) is 3. The Morgan fingerprint density at radius 1 is 1.28 bits per heavy atom. The van der Waals surface area contributed by atoms with Crippen LogP contribution < -0.4 is 5.56 Å². The number of aromatic amines is 1. The van der Waals surface area contributed by atoms with Crippen LogP contribution in [0.3, 0.4) is 0 Å². The third-order valence-electron chi connectivity index (χ3n) is 4.78. The van der Waals surface area contributed by atoms with Gasteiger partial charge in [-0.05, 0) is 64.7 Å². The maximum absolute atomic E-state index is 12.8. The van der Waals surface area contributed by atoms with Crippen molar-refractivity contribution in [2.75, 3.05) is 13.6 Å². The Balaban J connectivity index is 2.12. The summed E-state index contributed by atoms with van der Waals surface area (Å²) in [4.78, 5) is 27.1. The van der Waals surface area contributed by atoms with E-state index in [1.807, 2.05) is 40.7 Å². The molecule has 2 aromatic heterocycles. The van der Waals surface area contributed by atoms with Crippen LogP contribution in [-0.2, 0) is 13.0 Å². The number of aryl methyl sites for hydroxylation is 4. The summed E-state index contributed by atoms with van der Waals surface area (Å²) in [5, 5.41) is 7.18. The van der Waals surface area contributed by atoms with Crippen LogP contribution in [0.2, 0.25) is 0 Å². The fourth-order valence-corrected chi connectivity index (χ4v) is 3.31. The zero-order valence-corrected chi connectivity index (χ0v) is 16.1. The van der Waals surface area contributed by atoms with E-state index < -0.39 is 0 Å². The first-order valence-corrected chi connectivity index (χ1v) is 8.74. The van der Waals surface area contributed by atoms with Crippen LogP contribution in [0.15, 0.2) is 10.9 Å². The van der Waals surface area contributed by atoms with E-state index in [0.717, 1.165) is 35.5 Å². The number of hydrogen-bond donors (Lipinski definition) is 1. The lowest BCUT2D eigenvalue weighted by molar-refractivity contribution is 0.0790. The summed E-state index contributed by atoms with van der Waals surface area (Å²) in [7, 11) is 1.76. The van der Waals surface area contributed by atoms with E-state index in [9.17, 15) is 9.59 Å². The second-order valence-electron chi connectivity index (χ2n) is 6.64. The van der Waals surface area contributed by atoms with E-state index in [1.54, 1.807) is 16.5 Å². The lowest BCUT2D eigenvalue weighted by atomic mass is 10.1. The van der Waals surface area contributed by atoms with Crippen molar-refractivity contribution >= 4 is 5.91 Å². The van der Waals surface area contributed by atoms with Crippen molar-refractivity contribution in [1.82, 2.24) is 19.7 Å². The molecule has 0 atom stereocenters. The molecule has 0 radical (unpaired) electrons. The van der Waals surface area contributed by atoms with Crippen molar-refractivity contribution in [3.63, 3.8) is 0 Å². The van der Waals surface area contributed by atoms with Gasteiger partial charge in [0.2, 0.25) is 0 Å². The van der Waals surface area contributed by atoms with Crippen LogP contribution in [0.4, 0.5) is 0 Å². The maximum Gasteiger partial charge on any atom is 0.263 e. The van der Waals surface area contributed by atoms with Crippen LogP contribution in [-0.4, -0.2) is 39.2 Å². The number of pyridine rings is 1. The van der Waals surface area contributed by atoms with Crippen molar-refractivity contribution in [2.24, 2.45) is 0 Å². The van der Waals surface area contributed by atoms with Gasteiger partial charge in [-0.3, -0.25) is 14.7 Å². The van der Waals surface area contributed by atoms with Crippen LogP contribution in [0.25, 0.3) is 0 Å². The fraction of sp³-hybridized carbons (Fsp3) is 0.526. The Bertz CT molecular complexity index is 813. The van der Waals surface area contributed by atoms with E-state index in [2.05, 4.69) is 10.2 Å². The van der Waals surface area contributed by atoms with Crippen LogP contribution in [0.1, 0.15) is 51.9 Å². The highest BCUT2D eigenvalue weighted by molar-refractivity contribution is 5.95. The average molecular weight is 344 g/mol. The third kappa shape index (κ3) is 3.83. The number of hydrogen-bond acceptors (Lipinski definition) is 3. The first-order valence-electron chi connectivity index (χ1n) is 8.74. The topological polar surface area (TPSA) is 71.0 Å². The van der Waals surface area contributed by atoms with Gasteiger partial charge in [0.05, 0.1) is 5.69 Å². The molecule has 25 heavy (non-hydrogen) atoms. The zero-order chi connectivity index (χ0) is 18.7. The molecule has 2 heterocycles. The highest BCUT2D eigenvalue weighted by Gasteiger charge is 2.20. The molecular weight excluding hydrogens is 316 g/mol. The van der Waals surface area contributed by atoms with E-state index >= 15 is 0 Å². The molecule has 6 heteroatoms. The van der Waals surface area contributed by atoms with Crippen LogP contribution in [0, 0.1) is 27.7 Å². The Labute approximate surface area is 148 Å². The largest absolute Gasteiger partial charge is 0.342 e. The minimum absolute atomic E-state index is 0.196. The Kier molecular flexibility index (Phi) is 5.82. The summed E-state index contributed by atoms with van der Waals surface area (Å²) >= 11 is 0. The number of nitrogens with one attached hydrogen (secondary N) is 1. The van der Waals surface area contributed by atoms with E-state index in [4.69, 9.17) is 0 Å². The van der Waals surface area contributed by atoms with Crippen LogP contribution >= 0.6 is 0 Å². The first-order chi connectivity index (χ1) is 11.8. The molecule has 2 aromatic rings. The molecule has 0 unspecified atom stereocenters. The van der Waals surface area contributed by atoms with Gasteiger partial charge in [-0.25, -0.2) is 0 Å². The van der Waals surface area contributed by atoms with Gasteiger partial charge < -0.3 is 9.47 Å². The molecule has 0 fully saturated rings. The van der Waals surface area contributed by atoms with Gasteiger partial charge in [-0.2, -0.15) is 5.10 Å². The third-order valence-corrected chi connectivity index (χ3v) is 4.78. The number of aromatic nitrogens is 3. The Morgan fingerprint density at radius 2 is 1.96 bits per heavy atom. The molecule has 0 aliphatic heterocycles. The Morgan fingerprint density at radius 3 is 2.52 bits per heavy atom. The summed E-state index contributed by atoms with van der Waals surface area (Å²) < 4.78 is 1.65. The summed E-state index contributed by atoms with van der Waals surface area (Å²) in [6.07, 6.45) is 1.69. The van der Waals surface area contributed by atoms with Crippen molar-refractivity contribution in [3.8, 4) is 0 Å². The molecule has 0 saturated carbocycles. The summed E-state index contributed by atoms with van der Waals surface area (Å²) in [5.41, 5.74) is 5.00. The summed E-state index contributed by atoms with van der Waals surface area (Å²) in [6, 6.07) is 1.91. The first kappa shape index (κ1) is 19.0. The van der Waals surface area contributed by atoms with E-state index in [0.29, 0.717) is 13.1 Å². The van der Waals surface area contributed by atoms with E-state index in [1.165, 1.54) is 5.56 Å². The molecule has 2 rings (SSSR count). The summed E-state index contributed by atoms with van der Waals surface area (Å²) in [6.45, 7) is 10.8. The quantitative estimate of drug-likeness (QED) is 0.875. The Hall–Kier alpha value is -2.37. The fourth-order valence-electron chi connectivity index (χ4n) is 3.31. The zero-order valence-electron chi connectivity index (χ0n) is 16.1. The molecule has 1 N–H and O–H groups in total. The molecule has 0 bridgehead atoms. The lowest BCUT2D eigenvalue weighted by Crippen LogP contribution is -2.36. The van der Waals surface area contributed by atoms with Gasteiger partial charge in [0, 0.05) is 31.5 Å². The molecule has 6 nitrogen and oxygen atoms in total. The minimum atomic E-state index is -0.203. The van der Waals surface area contributed by atoms with Gasteiger partial charge in [0.15, 0.2) is 0 Å². The van der Waals surface area contributed by atoms with Gasteiger partial charge in [0.1, 0.15) is 5.56 Å². The van der Waals surface area contributed by atoms with Crippen molar-refractivity contribution in [1.29, 1.82) is 0 Å². The summed E-state index contributed by atoms with van der Waals surface area (Å²) in [5.74, 6) is -0.203. The molecule has 0 saturated heterocycles. The number of carbonyl (C=O) groups excluding carboxylic acids is 1. The van der Waals surface area contributed by atoms with E-state index in [-0.39, 0.29) is 17.0 Å². The normalized spacial score (nSPS) is 11.0. The molecule has 0 spiro atoms. The van der Waals surface area contributed by atoms with Crippen molar-refractivity contribution < 1.29 is 4.79 Å². The SMILES string of the molecule is CCn1c(C)cc(C)c(C(=O)N(C)CCCc2c(C)n[nH]c2C)c1=O. The predicted molar refractivity (Wildman–Crippen MR) is 99.2 cm³/mol. The second-order valence-corrected chi connectivity index (χ2v) is 6.64. The van der Waals surface area contributed by atoms with Crippen LogP contribution in [0.5, 0.6) is 0 Å². The van der Waals surface area contributed by atoms with Gasteiger partial charge in [0.25, 0.3) is 11.5 Å². The number of H-pyrrole nitrogens is 1. The minimum Gasteiger partial charge on any atom is -0.342 e. The predicted octanol–water partition coefficient (Wildman–Crippen LogP) is 2.53. The monoisotopic (exact) mass is 344 g/mol. The van der Waals surface area contributed by atoms with Crippen molar-refractivity contribution in [3.05, 3.63) is 50.2 Å². The van der Waals surface area contributed by atoms with Crippen molar-refractivity contribution in [2.45, 2.75) is 54.0 Å². The van der Waals surface area contributed by atoms with Gasteiger partial charge in [-0.1, -0.05) is 0 Å².